The summed E-state index contributed by atoms with van der Waals surface area (Å²) in [6.07, 6.45) is 2.18. The molecule has 2 aromatic rings. The third-order valence-corrected chi connectivity index (χ3v) is 3.73. The number of halogens is 1. The first kappa shape index (κ1) is 12.8. The molecule has 1 unspecified atom stereocenters. The molecular formula is C15H15FN2O2. The number of carbonyl (C=O) groups is 1. The van der Waals surface area contributed by atoms with Crippen LogP contribution in [0, 0.1) is 11.7 Å². The second-order valence-electron chi connectivity index (χ2n) is 5.13. The van der Waals surface area contributed by atoms with Crippen LogP contribution in [-0.2, 0) is 13.0 Å². The number of Topliss-reactive ketones (excluding diaryl/α,β-unsaturated/α-hetero) is 1. The lowest BCUT2D eigenvalue weighted by Crippen LogP contribution is -2.17. The highest BCUT2D eigenvalue weighted by molar-refractivity contribution is 5.97. The van der Waals surface area contributed by atoms with E-state index < -0.39 is 0 Å². The zero-order valence-electron chi connectivity index (χ0n) is 10.9. The summed E-state index contributed by atoms with van der Waals surface area (Å²) in [6, 6.07) is 7.27. The first-order valence-electron chi connectivity index (χ1n) is 6.69. The smallest absolute Gasteiger partial charge is 0.230 e. The van der Waals surface area contributed by atoms with Crippen LogP contribution < -0.4 is 0 Å². The molecule has 1 N–H and O–H groups in total. The Kier molecular flexibility index (Phi) is 3.26. The lowest BCUT2D eigenvalue weighted by atomic mass is 9.90. The van der Waals surface area contributed by atoms with E-state index in [1.54, 1.807) is 10.7 Å². The summed E-state index contributed by atoms with van der Waals surface area (Å²) in [5.74, 6) is -0.461. The molecule has 0 radical (unpaired) electrons. The molecule has 0 spiro atoms. The van der Waals surface area contributed by atoms with Gasteiger partial charge in [0.05, 0.1) is 0 Å². The fraction of sp³-hybridized carbons (Fsp3) is 0.333. The lowest BCUT2D eigenvalue weighted by molar-refractivity contribution is 0.0912. The minimum atomic E-state index is -0.342. The number of fused-ring (bicyclic) bond motifs is 1. The summed E-state index contributed by atoms with van der Waals surface area (Å²) in [6.45, 7) is 0.711. The van der Waals surface area contributed by atoms with Crippen molar-refractivity contribution in [2.45, 2.75) is 25.8 Å². The van der Waals surface area contributed by atoms with Gasteiger partial charge in [-0.25, -0.2) is 4.39 Å². The van der Waals surface area contributed by atoms with Crippen molar-refractivity contribution in [1.29, 1.82) is 0 Å². The Balaban J connectivity index is 1.83. The van der Waals surface area contributed by atoms with Crippen LogP contribution in [0.2, 0.25) is 0 Å². The largest absolute Gasteiger partial charge is 0.492 e. The Bertz CT molecular complexity index is 634. The molecule has 1 aliphatic heterocycles. The maximum Gasteiger partial charge on any atom is 0.230 e. The van der Waals surface area contributed by atoms with Gasteiger partial charge in [-0.05, 0) is 43.5 Å². The van der Waals surface area contributed by atoms with Crippen LogP contribution >= 0.6 is 0 Å². The number of hydrogen-bond donors (Lipinski definition) is 1. The zero-order chi connectivity index (χ0) is 14.1. The van der Waals surface area contributed by atoms with Crippen LogP contribution in [0.15, 0.2) is 30.3 Å². The highest BCUT2D eigenvalue weighted by Crippen LogP contribution is 2.25. The van der Waals surface area contributed by atoms with Crippen LogP contribution in [0.25, 0.3) is 0 Å². The average Bonchev–Trinajstić information content (AvgIpc) is 2.66. The Morgan fingerprint density at radius 2 is 2.10 bits per heavy atom. The highest BCUT2D eigenvalue weighted by Gasteiger charge is 2.25. The first-order valence-corrected chi connectivity index (χ1v) is 6.69. The molecular weight excluding hydrogens is 259 g/mol. The molecule has 0 aliphatic carbocycles. The molecule has 1 aromatic carbocycles. The van der Waals surface area contributed by atoms with E-state index in [9.17, 15) is 14.3 Å². The fourth-order valence-electron chi connectivity index (χ4n) is 2.71. The second-order valence-corrected chi connectivity index (χ2v) is 5.13. The summed E-state index contributed by atoms with van der Waals surface area (Å²) in [5.41, 5.74) is 1.41. The molecule has 0 saturated heterocycles. The van der Waals surface area contributed by atoms with Crippen molar-refractivity contribution in [3.63, 3.8) is 0 Å². The summed E-state index contributed by atoms with van der Waals surface area (Å²) in [5, 5.41) is 13.4. The van der Waals surface area contributed by atoms with E-state index in [0.29, 0.717) is 18.5 Å². The molecule has 0 bridgehead atoms. The zero-order valence-corrected chi connectivity index (χ0v) is 10.9. The van der Waals surface area contributed by atoms with Gasteiger partial charge in [0.2, 0.25) is 5.88 Å². The number of rotatable bonds is 2. The van der Waals surface area contributed by atoms with Crippen LogP contribution in [0.3, 0.4) is 0 Å². The van der Waals surface area contributed by atoms with E-state index in [2.05, 4.69) is 5.10 Å². The Labute approximate surface area is 115 Å². The quantitative estimate of drug-likeness (QED) is 0.856. The molecule has 0 fully saturated rings. The van der Waals surface area contributed by atoms with Crippen molar-refractivity contribution in [2.75, 3.05) is 0 Å². The van der Waals surface area contributed by atoms with Gasteiger partial charge in [0.15, 0.2) is 5.78 Å². The summed E-state index contributed by atoms with van der Waals surface area (Å²) >= 11 is 0. The van der Waals surface area contributed by atoms with Gasteiger partial charge in [-0.3, -0.25) is 9.48 Å². The van der Waals surface area contributed by atoms with E-state index in [-0.39, 0.29) is 23.4 Å². The monoisotopic (exact) mass is 274 g/mol. The molecule has 0 amide bonds. The normalized spacial score (nSPS) is 18.4. The molecule has 20 heavy (non-hydrogen) atoms. The van der Waals surface area contributed by atoms with E-state index >= 15 is 0 Å². The van der Waals surface area contributed by atoms with Crippen LogP contribution in [0.4, 0.5) is 4.39 Å². The number of benzene rings is 1. The van der Waals surface area contributed by atoms with Gasteiger partial charge in [0, 0.05) is 29.8 Å². The number of aromatic hydroxyl groups is 1. The van der Waals surface area contributed by atoms with Crippen molar-refractivity contribution >= 4 is 5.78 Å². The minimum Gasteiger partial charge on any atom is -0.492 e. The average molecular weight is 274 g/mol. The molecule has 1 atom stereocenters. The molecule has 4 nitrogen and oxygen atoms in total. The maximum absolute atomic E-state index is 12.9. The molecule has 0 saturated carbocycles. The Morgan fingerprint density at radius 1 is 1.35 bits per heavy atom. The van der Waals surface area contributed by atoms with Gasteiger partial charge in [-0.1, -0.05) is 0 Å². The third-order valence-electron chi connectivity index (χ3n) is 3.73. The lowest BCUT2D eigenvalue weighted by Gasteiger charge is -2.12. The highest BCUT2D eigenvalue weighted by atomic mass is 19.1. The Morgan fingerprint density at radius 3 is 2.85 bits per heavy atom. The van der Waals surface area contributed by atoms with Gasteiger partial charge >= 0.3 is 0 Å². The number of hydrogen-bond acceptors (Lipinski definition) is 3. The molecule has 3 rings (SSSR count). The maximum atomic E-state index is 12.9. The van der Waals surface area contributed by atoms with Crippen molar-refractivity contribution < 1.29 is 14.3 Å². The predicted molar refractivity (Wildman–Crippen MR) is 71.1 cm³/mol. The topological polar surface area (TPSA) is 55.1 Å². The van der Waals surface area contributed by atoms with Gasteiger partial charge in [0.25, 0.3) is 0 Å². The number of aromatic nitrogens is 2. The van der Waals surface area contributed by atoms with Crippen molar-refractivity contribution in [3.8, 4) is 5.88 Å². The molecule has 2 heterocycles. The van der Waals surface area contributed by atoms with E-state index in [0.717, 1.165) is 18.5 Å². The standard InChI is InChI=1S/C15H15FN2O2/c16-12-5-3-10(4-6-12)15(20)11-2-1-7-18-13(8-11)9-14(19)17-18/h3-6,9,11H,1-2,7-8H2,(H,17,19). The molecule has 1 aromatic heterocycles. The SMILES string of the molecule is O=C(c1ccc(F)cc1)C1CCCn2nc(O)cc2C1. The van der Waals surface area contributed by atoms with Gasteiger partial charge in [0.1, 0.15) is 5.82 Å². The summed E-state index contributed by atoms with van der Waals surface area (Å²) in [7, 11) is 0. The first-order chi connectivity index (χ1) is 9.63. The molecule has 5 heteroatoms. The van der Waals surface area contributed by atoms with Gasteiger partial charge in [-0.15, -0.1) is 5.10 Å². The second kappa shape index (κ2) is 5.07. The number of ketones is 1. The van der Waals surface area contributed by atoms with Crippen molar-refractivity contribution in [2.24, 2.45) is 5.92 Å². The van der Waals surface area contributed by atoms with Gasteiger partial charge < -0.3 is 5.11 Å². The Hall–Kier alpha value is -2.17. The number of aryl methyl sites for hydroxylation is 1. The van der Waals surface area contributed by atoms with E-state index in [1.165, 1.54) is 24.3 Å². The molecule has 1 aliphatic rings. The summed E-state index contributed by atoms with van der Waals surface area (Å²) in [4.78, 5) is 12.5. The van der Waals surface area contributed by atoms with Crippen molar-refractivity contribution in [3.05, 3.63) is 47.4 Å². The van der Waals surface area contributed by atoms with Gasteiger partial charge in [-0.2, -0.15) is 0 Å². The minimum absolute atomic E-state index is 0.00474. The molecule has 104 valence electrons. The fourth-order valence-corrected chi connectivity index (χ4v) is 2.71. The van der Waals surface area contributed by atoms with Crippen LogP contribution in [0.5, 0.6) is 5.88 Å². The van der Waals surface area contributed by atoms with Crippen LogP contribution in [-0.4, -0.2) is 20.7 Å². The number of nitrogens with zero attached hydrogens (tertiary/aromatic N) is 2. The van der Waals surface area contributed by atoms with E-state index in [1.807, 2.05) is 0 Å². The predicted octanol–water partition coefficient (Wildman–Crippen LogP) is 2.56. The van der Waals surface area contributed by atoms with E-state index in [4.69, 9.17) is 0 Å². The van der Waals surface area contributed by atoms with Crippen molar-refractivity contribution in [1.82, 2.24) is 9.78 Å². The van der Waals surface area contributed by atoms with Crippen LogP contribution in [0.1, 0.15) is 28.9 Å². The summed E-state index contributed by atoms with van der Waals surface area (Å²) < 4.78 is 14.7. The number of carbonyl (C=O) groups excluding carboxylic acids is 1. The third kappa shape index (κ3) is 2.43.